The third kappa shape index (κ3) is 3.75. The van der Waals surface area contributed by atoms with Gasteiger partial charge in [0.1, 0.15) is 0 Å². The van der Waals surface area contributed by atoms with E-state index >= 15 is 0 Å². The molecule has 0 aromatic heterocycles. The SMILES string of the molecule is CCN(CC)C(=O)c1cccc(NC2CCCC2C2CCCN2)c1. The number of anilines is 1. The van der Waals surface area contributed by atoms with E-state index in [0.717, 1.165) is 30.3 Å². The molecule has 1 aromatic carbocycles. The van der Waals surface area contributed by atoms with E-state index in [0.29, 0.717) is 12.1 Å². The third-order valence-corrected chi connectivity index (χ3v) is 5.70. The van der Waals surface area contributed by atoms with E-state index in [2.05, 4.69) is 16.7 Å². The van der Waals surface area contributed by atoms with Gasteiger partial charge in [0.05, 0.1) is 0 Å². The molecule has 24 heavy (non-hydrogen) atoms. The van der Waals surface area contributed by atoms with Crippen LogP contribution in [0.2, 0.25) is 0 Å². The lowest BCUT2D eigenvalue weighted by Gasteiger charge is -2.27. The van der Waals surface area contributed by atoms with E-state index in [1.165, 1.54) is 38.6 Å². The Balaban J connectivity index is 1.68. The van der Waals surface area contributed by atoms with Gasteiger partial charge in [-0.05, 0) is 70.2 Å². The molecule has 132 valence electrons. The van der Waals surface area contributed by atoms with E-state index in [1.54, 1.807) is 0 Å². The smallest absolute Gasteiger partial charge is 0.253 e. The molecular weight excluding hydrogens is 298 g/mol. The molecule has 1 aliphatic heterocycles. The molecule has 2 fully saturated rings. The van der Waals surface area contributed by atoms with E-state index in [4.69, 9.17) is 0 Å². The highest BCUT2D eigenvalue weighted by molar-refractivity contribution is 5.95. The molecule has 0 radical (unpaired) electrons. The number of hydrogen-bond donors (Lipinski definition) is 2. The number of carbonyl (C=O) groups is 1. The number of nitrogens with zero attached hydrogens (tertiary/aromatic N) is 1. The molecule has 1 saturated carbocycles. The van der Waals surface area contributed by atoms with Gasteiger partial charge in [-0.3, -0.25) is 4.79 Å². The topological polar surface area (TPSA) is 44.4 Å². The monoisotopic (exact) mass is 329 g/mol. The molecule has 1 amide bonds. The first-order valence-electron chi connectivity index (χ1n) is 9.62. The summed E-state index contributed by atoms with van der Waals surface area (Å²) < 4.78 is 0. The van der Waals surface area contributed by atoms with Crippen molar-refractivity contribution in [2.75, 3.05) is 25.0 Å². The van der Waals surface area contributed by atoms with Gasteiger partial charge < -0.3 is 15.5 Å². The summed E-state index contributed by atoms with van der Waals surface area (Å²) in [5, 5.41) is 7.40. The molecule has 1 saturated heterocycles. The zero-order valence-electron chi connectivity index (χ0n) is 15.1. The summed E-state index contributed by atoms with van der Waals surface area (Å²) >= 11 is 0. The predicted octanol–water partition coefficient (Wildman–Crippen LogP) is 3.50. The number of hydrogen-bond acceptors (Lipinski definition) is 3. The molecule has 1 aliphatic carbocycles. The number of nitrogens with one attached hydrogen (secondary N) is 2. The van der Waals surface area contributed by atoms with Gasteiger partial charge in [0.25, 0.3) is 5.91 Å². The van der Waals surface area contributed by atoms with Gasteiger partial charge in [0.15, 0.2) is 0 Å². The van der Waals surface area contributed by atoms with Crippen molar-refractivity contribution in [3.05, 3.63) is 29.8 Å². The molecule has 0 bridgehead atoms. The first-order chi connectivity index (χ1) is 11.7. The van der Waals surface area contributed by atoms with Gasteiger partial charge in [-0.1, -0.05) is 12.5 Å². The first kappa shape index (κ1) is 17.3. The molecule has 3 rings (SSSR count). The van der Waals surface area contributed by atoms with Crippen molar-refractivity contribution in [1.29, 1.82) is 0 Å². The van der Waals surface area contributed by atoms with E-state index in [-0.39, 0.29) is 5.91 Å². The van der Waals surface area contributed by atoms with E-state index in [1.807, 2.05) is 36.9 Å². The molecular formula is C20H31N3O. The zero-order valence-corrected chi connectivity index (χ0v) is 15.1. The summed E-state index contributed by atoms with van der Waals surface area (Å²) in [6.45, 7) is 6.74. The summed E-state index contributed by atoms with van der Waals surface area (Å²) in [4.78, 5) is 14.4. The molecule has 3 unspecified atom stereocenters. The van der Waals surface area contributed by atoms with Crippen LogP contribution in [-0.4, -0.2) is 42.5 Å². The van der Waals surface area contributed by atoms with Gasteiger partial charge in [-0.25, -0.2) is 0 Å². The minimum absolute atomic E-state index is 0.129. The van der Waals surface area contributed by atoms with Gasteiger partial charge in [-0.2, -0.15) is 0 Å². The van der Waals surface area contributed by atoms with Crippen LogP contribution in [-0.2, 0) is 0 Å². The Kier molecular flexibility index (Phi) is 5.77. The summed E-state index contributed by atoms with van der Waals surface area (Å²) in [6, 6.07) is 9.24. The van der Waals surface area contributed by atoms with Crippen LogP contribution in [0.1, 0.15) is 56.3 Å². The normalized spacial score (nSPS) is 26.5. The van der Waals surface area contributed by atoms with Gasteiger partial charge in [-0.15, -0.1) is 0 Å². The predicted molar refractivity (Wildman–Crippen MR) is 99.5 cm³/mol. The number of benzene rings is 1. The average molecular weight is 329 g/mol. The quantitative estimate of drug-likeness (QED) is 0.839. The van der Waals surface area contributed by atoms with Crippen molar-refractivity contribution < 1.29 is 4.79 Å². The van der Waals surface area contributed by atoms with Crippen LogP contribution in [0.3, 0.4) is 0 Å². The Labute approximate surface area is 146 Å². The fraction of sp³-hybridized carbons (Fsp3) is 0.650. The summed E-state index contributed by atoms with van der Waals surface area (Å²) in [7, 11) is 0. The Morgan fingerprint density at radius 3 is 2.75 bits per heavy atom. The molecule has 2 N–H and O–H groups in total. The second-order valence-corrected chi connectivity index (χ2v) is 7.11. The lowest BCUT2D eigenvalue weighted by molar-refractivity contribution is 0.0773. The van der Waals surface area contributed by atoms with Crippen LogP contribution in [0.15, 0.2) is 24.3 Å². The lowest BCUT2D eigenvalue weighted by atomic mass is 9.93. The highest BCUT2D eigenvalue weighted by Gasteiger charge is 2.34. The van der Waals surface area contributed by atoms with Crippen molar-refractivity contribution in [2.24, 2.45) is 5.92 Å². The second-order valence-electron chi connectivity index (χ2n) is 7.11. The molecule has 4 nitrogen and oxygen atoms in total. The molecule has 4 heteroatoms. The maximum atomic E-state index is 12.6. The number of carbonyl (C=O) groups excluding carboxylic acids is 1. The Bertz CT molecular complexity index is 550. The minimum atomic E-state index is 0.129. The molecule has 1 heterocycles. The van der Waals surface area contributed by atoms with Crippen LogP contribution < -0.4 is 10.6 Å². The van der Waals surface area contributed by atoms with Crippen LogP contribution in [0.4, 0.5) is 5.69 Å². The average Bonchev–Trinajstić information content (AvgIpc) is 3.27. The largest absolute Gasteiger partial charge is 0.382 e. The summed E-state index contributed by atoms with van der Waals surface area (Å²) in [5.74, 6) is 0.846. The fourth-order valence-corrected chi connectivity index (χ4v) is 4.38. The van der Waals surface area contributed by atoms with Crippen LogP contribution in [0.5, 0.6) is 0 Å². The van der Waals surface area contributed by atoms with Crippen LogP contribution >= 0.6 is 0 Å². The summed E-state index contributed by atoms with van der Waals surface area (Å²) in [6.07, 6.45) is 6.47. The van der Waals surface area contributed by atoms with Crippen molar-refractivity contribution in [3.8, 4) is 0 Å². The van der Waals surface area contributed by atoms with Gasteiger partial charge in [0.2, 0.25) is 0 Å². The van der Waals surface area contributed by atoms with E-state index in [9.17, 15) is 4.79 Å². The van der Waals surface area contributed by atoms with Crippen molar-refractivity contribution in [3.63, 3.8) is 0 Å². The maximum Gasteiger partial charge on any atom is 0.253 e. The minimum Gasteiger partial charge on any atom is -0.382 e. The number of amides is 1. The molecule has 2 aliphatic rings. The third-order valence-electron chi connectivity index (χ3n) is 5.70. The second kappa shape index (κ2) is 8.02. The Morgan fingerprint density at radius 1 is 1.21 bits per heavy atom. The van der Waals surface area contributed by atoms with Crippen LogP contribution in [0.25, 0.3) is 0 Å². The van der Waals surface area contributed by atoms with Crippen LogP contribution in [0, 0.1) is 5.92 Å². The highest BCUT2D eigenvalue weighted by Crippen LogP contribution is 2.34. The number of rotatable bonds is 6. The van der Waals surface area contributed by atoms with Crippen molar-refractivity contribution >= 4 is 11.6 Å². The first-order valence-corrected chi connectivity index (χ1v) is 9.62. The lowest BCUT2D eigenvalue weighted by Crippen LogP contribution is -2.38. The maximum absolute atomic E-state index is 12.6. The van der Waals surface area contributed by atoms with Gasteiger partial charge >= 0.3 is 0 Å². The van der Waals surface area contributed by atoms with E-state index < -0.39 is 0 Å². The van der Waals surface area contributed by atoms with Gasteiger partial charge in [0, 0.05) is 36.4 Å². The zero-order chi connectivity index (χ0) is 16.9. The fourth-order valence-electron chi connectivity index (χ4n) is 4.38. The molecule has 0 spiro atoms. The Morgan fingerprint density at radius 2 is 2.04 bits per heavy atom. The summed E-state index contributed by atoms with van der Waals surface area (Å²) in [5.41, 5.74) is 1.88. The van der Waals surface area contributed by atoms with Crippen molar-refractivity contribution in [1.82, 2.24) is 10.2 Å². The molecule has 3 atom stereocenters. The highest BCUT2D eigenvalue weighted by atomic mass is 16.2. The standard InChI is InChI=1S/C20H31N3O/c1-3-23(4-2)20(24)15-8-5-9-16(14-15)22-19-11-6-10-17(19)18-12-7-13-21-18/h5,8-9,14,17-19,21-22H,3-4,6-7,10-13H2,1-2H3. The Hall–Kier alpha value is -1.55. The molecule has 1 aromatic rings. The van der Waals surface area contributed by atoms with Crippen molar-refractivity contribution in [2.45, 2.75) is 58.0 Å².